The summed E-state index contributed by atoms with van der Waals surface area (Å²) in [4.78, 5) is 14.6. The van der Waals surface area contributed by atoms with Gasteiger partial charge < -0.3 is 14.4 Å². The van der Waals surface area contributed by atoms with Gasteiger partial charge in [-0.25, -0.2) is 0 Å². The minimum atomic E-state index is -0.305. The minimum Gasteiger partial charge on any atom is -0.372 e. The van der Waals surface area contributed by atoms with E-state index in [1.807, 2.05) is 44.2 Å². The predicted octanol–water partition coefficient (Wildman–Crippen LogP) is 3.46. The number of rotatable bonds is 5. The number of benzene rings is 1. The molecular weight excluding hydrogens is 340 g/mol. The van der Waals surface area contributed by atoms with Crippen molar-refractivity contribution >= 4 is 5.91 Å². The van der Waals surface area contributed by atoms with Gasteiger partial charge in [0, 0.05) is 13.2 Å². The first-order valence-electron chi connectivity index (χ1n) is 9.75. The van der Waals surface area contributed by atoms with E-state index in [9.17, 15) is 10.1 Å². The summed E-state index contributed by atoms with van der Waals surface area (Å²) in [6.07, 6.45) is 4.28. The maximum Gasteiger partial charge on any atom is 0.264 e. The van der Waals surface area contributed by atoms with Gasteiger partial charge in [-0.1, -0.05) is 50.3 Å². The summed E-state index contributed by atoms with van der Waals surface area (Å²) in [6.45, 7) is 6.23. The molecule has 5 heteroatoms. The number of hydrogen-bond donors (Lipinski definition) is 0. The van der Waals surface area contributed by atoms with Crippen LogP contribution >= 0.6 is 0 Å². The average molecular weight is 368 g/mol. The largest absolute Gasteiger partial charge is 0.372 e. The van der Waals surface area contributed by atoms with Gasteiger partial charge in [0.05, 0.1) is 18.8 Å². The molecule has 0 saturated carbocycles. The summed E-state index contributed by atoms with van der Waals surface area (Å²) in [5.41, 5.74) is 1.02. The Hall–Kier alpha value is -2.16. The third kappa shape index (κ3) is 4.58. The van der Waals surface area contributed by atoms with E-state index in [0.717, 1.165) is 31.4 Å². The zero-order valence-electron chi connectivity index (χ0n) is 16.2. The number of allylic oxidation sites excluding steroid dienone is 1. The molecule has 1 amide bonds. The fraction of sp³-hybridized carbons (Fsp3) is 0.545. The molecule has 2 atom stereocenters. The fourth-order valence-electron chi connectivity index (χ4n) is 3.93. The number of piperidine rings is 1. The molecule has 1 aromatic carbocycles. The number of nitriles is 1. The van der Waals surface area contributed by atoms with Crippen LogP contribution < -0.4 is 0 Å². The summed E-state index contributed by atoms with van der Waals surface area (Å²) in [6, 6.07) is 12.1. The fourth-order valence-corrected chi connectivity index (χ4v) is 3.93. The molecule has 2 heterocycles. The average Bonchev–Trinajstić information content (AvgIpc) is 3.15. The van der Waals surface area contributed by atoms with E-state index in [1.165, 1.54) is 0 Å². The molecule has 2 aliphatic heterocycles. The van der Waals surface area contributed by atoms with Crippen LogP contribution in [0.25, 0.3) is 0 Å². The number of amides is 1. The molecule has 5 nitrogen and oxygen atoms in total. The van der Waals surface area contributed by atoms with Crippen LogP contribution in [0, 0.1) is 17.2 Å². The van der Waals surface area contributed by atoms with Crippen LogP contribution in [0.4, 0.5) is 0 Å². The zero-order valence-corrected chi connectivity index (χ0v) is 16.2. The number of carbonyl (C=O) groups is 1. The Kier molecular flexibility index (Phi) is 6.30. The minimum absolute atomic E-state index is 0.156. The van der Waals surface area contributed by atoms with E-state index in [0.29, 0.717) is 19.7 Å². The quantitative estimate of drug-likeness (QED) is 0.590. The van der Waals surface area contributed by atoms with Crippen LogP contribution in [0.5, 0.6) is 0 Å². The van der Waals surface area contributed by atoms with Crippen LogP contribution in [0.15, 0.2) is 42.0 Å². The molecule has 2 aliphatic rings. The summed E-state index contributed by atoms with van der Waals surface area (Å²) in [7, 11) is 0. The van der Waals surface area contributed by atoms with Gasteiger partial charge >= 0.3 is 0 Å². The molecule has 1 aromatic rings. The van der Waals surface area contributed by atoms with Gasteiger partial charge in [-0.05, 0) is 30.7 Å². The van der Waals surface area contributed by atoms with Crippen molar-refractivity contribution in [2.24, 2.45) is 5.92 Å². The van der Waals surface area contributed by atoms with Crippen molar-refractivity contribution in [2.75, 3.05) is 19.7 Å². The SMILES string of the molecule is CC(C)/C=C(\C#N)C(=O)N1CC[C@@]2(CCCO2)[C@H](OCc2ccccc2)C1. The van der Waals surface area contributed by atoms with Crippen LogP contribution in [0.3, 0.4) is 0 Å². The van der Waals surface area contributed by atoms with Gasteiger partial charge in [0.25, 0.3) is 5.91 Å². The van der Waals surface area contributed by atoms with Crippen molar-refractivity contribution in [1.29, 1.82) is 5.26 Å². The first-order chi connectivity index (χ1) is 13.0. The lowest BCUT2D eigenvalue weighted by Crippen LogP contribution is -2.57. The maximum atomic E-state index is 12.8. The summed E-state index contributed by atoms with van der Waals surface area (Å²) in [5.74, 6) is -0.0459. The number of carbonyl (C=O) groups excluding carboxylic acids is 1. The Bertz CT molecular complexity index is 715. The van der Waals surface area contributed by atoms with E-state index in [1.54, 1.807) is 11.0 Å². The van der Waals surface area contributed by atoms with Crippen molar-refractivity contribution in [3.63, 3.8) is 0 Å². The Morgan fingerprint density at radius 1 is 1.41 bits per heavy atom. The summed E-state index contributed by atoms with van der Waals surface area (Å²) in [5, 5.41) is 9.38. The molecular formula is C22H28N2O3. The van der Waals surface area contributed by atoms with Gasteiger partial charge in [0.1, 0.15) is 17.7 Å². The van der Waals surface area contributed by atoms with Crippen LogP contribution in [-0.4, -0.2) is 42.2 Å². The second kappa shape index (κ2) is 8.69. The number of nitrogens with zero attached hydrogens (tertiary/aromatic N) is 2. The smallest absolute Gasteiger partial charge is 0.264 e. The molecule has 0 unspecified atom stereocenters. The highest BCUT2D eigenvalue weighted by atomic mass is 16.6. The lowest BCUT2D eigenvalue weighted by atomic mass is 9.85. The van der Waals surface area contributed by atoms with E-state index in [4.69, 9.17) is 9.47 Å². The van der Waals surface area contributed by atoms with Crippen LogP contribution in [-0.2, 0) is 20.9 Å². The number of ether oxygens (including phenoxy) is 2. The number of likely N-dealkylation sites (tertiary alicyclic amines) is 1. The van der Waals surface area contributed by atoms with E-state index < -0.39 is 0 Å². The molecule has 2 saturated heterocycles. The Morgan fingerprint density at radius 2 is 2.19 bits per heavy atom. The van der Waals surface area contributed by atoms with E-state index in [-0.39, 0.29) is 29.1 Å². The molecule has 3 rings (SSSR count). The van der Waals surface area contributed by atoms with Gasteiger partial charge in [0.15, 0.2) is 0 Å². The topological polar surface area (TPSA) is 62.6 Å². The normalized spacial score (nSPS) is 25.8. The van der Waals surface area contributed by atoms with Gasteiger partial charge in [-0.3, -0.25) is 4.79 Å². The molecule has 1 spiro atoms. The second-order valence-electron chi connectivity index (χ2n) is 7.74. The number of hydrogen-bond acceptors (Lipinski definition) is 4. The van der Waals surface area contributed by atoms with E-state index >= 15 is 0 Å². The molecule has 2 fully saturated rings. The monoisotopic (exact) mass is 368 g/mol. The highest BCUT2D eigenvalue weighted by Crippen LogP contribution is 2.38. The summed E-state index contributed by atoms with van der Waals surface area (Å²) >= 11 is 0. The molecule has 0 aromatic heterocycles. The second-order valence-corrected chi connectivity index (χ2v) is 7.74. The van der Waals surface area contributed by atoms with Gasteiger partial charge in [-0.15, -0.1) is 0 Å². The third-order valence-corrected chi connectivity index (χ3v) is 5.34. The van der Waals surface area contributed by atoms with Crippen molar-refractivity contribution in [2.45, 2.75) is 51.4 Å². The zero-order chi connectivity index (χ0) is 19.3. The first-order valence-corrected chi connectivity index (χ1v) is 9.75. The Morgan fingerprint density at radius 3 is 2.81 bits per heavy atom. The highest BCUT2D eigenvalue weighted by molar-refractivity contribution is 5.97. The Balaban J connectivity index is 1.73. The molecule has 0 aliphatic carbocycles. The molecule has 144 valence electrons. The lowest BCUT2D eigenvalue weighted by molar-refractivity contribution is -0.166. The molecule has 0 N–H and O–H groups in total. The molecule has 27 heavy (non-hydrogen) atoms. The summed E-state index contributed by atoms with van der Waals surface area (Å²) < 4.78 is 12.4. The third-order valence-electron chi connectivity index (χ3n) is 5.34. The standard InChI is InChI=1S/C22H28N2O3/c1-17(2)13-19(14-23)21(25)24-11-10-22(9-6-12-27-22)20(15-24)26-16-18-7-4-3-5-8-18/h3-5,7-8,13,17,20H,6,9-12,15-16H2,1-2H3/b19-13+/t20-,22+/m1/s1. The van der Waals surface area contributed by atoms with Crippen molar-refractivity contribution in [3.05, 3.63) is 47.5 Å². The Labute approximate surface area is 161 Å². The predicted molar refractivity (Wildman–Crippen MR) is 103 cm³/mol. The highest BCUT2D eigenvalue weighted by Gasteiger charge is 2.48. The van der Waals surface area contributed by atoms with Crippen molar-refractivity contribution in [1.82, 2.24) is 4.90 Å². The van der Waals surface area contributed by atoms with Crippen molar-refractivity contribution in [3.8, 4) is 6.07 Å². The molecule has 0 bridgehead atoms. The molecule has 0 radical (unpaired) electrons. The maximum absolute atomic E-state index is 12.8. The van der Waals surface area contributed by atoms with Gasteiger partial charge in [0.2, 0.25) is 0 Å². The van der Waals surface area contributed by atoms with Crippen LogP contribution in [0.2, 0.25) is 0 Å². The lowest BCUT2D eigenvalue weighted by Gasteiger charge is -2.44. The van der Waals surface area contributed by atoms with Gasteiger partial charge in [-0.2, -0.15) is 5.26 Å². The van der Waals surface area contributed by atoms with Crippen LogP contribution in [0.1, 0.15) is 38.7 Å². The van der Waals surface area contributed by atoms with Crippen molar-refractivity contribution < 1.29 is 14.3 Å². The van der Waals surface area contributed by atoms with E-state index in [2.05, 4.69) is 6.07 Å². The first kappa shape index (κ1) is 19.6.